The summed E-state index contributed by atoms with van der Waals surface area (Å²) >= 11 is 0. The van der Waals surface area contributed by atoms with Crippen molar-refractivity contribution in [1.82, 2.24) is 15.3 Å². The number of methoxy groups -OCH3 is 1. The van der Waals surface area contributed by atoms with E-state index in [0.717, 1.165) is 19.6 Å². The molecule has 0 aromatic carbocycles. The molecule has 98 valence electrons. The number of hydrogen-bond acceptors (Lipinski definition) is 5. The molecule has 0 aliphatic carbocycles. The zero-order chi connectivity index (χ0) is 12.5. The lowest BCUT2D eigenvalue weighted by molar-refractivity contribution is 0.340. The van der Waals surface area contributed by atoms with E-state index in [4.69, 9.17) is 4.74 Å². The molecule has 2 aliphatic rings. The van der Waals surface area contributed by atoms with Crippen LogP contribution in [-0.4, -0.2) is 42.8 Å². The Balaban J connectivity index is 1.88. The molecule has 6 nitrogen and oxygen atoms in total. The number of nitrogens with one attached hydrogen (secondary N) is 2. The van der Waals surface area contributed by atoms with Crippen LogP contribution >= 0.6 is 0 Å². The summed E-state index contributed by atoms with van der Waals surface area (Å²) in [6.45, 7) is 2.94. The van der Waals surface area contributed by atoms with Crippen molar-refractivity contribution in [3.8, 4) is 5.75 Å². The Morgan fingerprint density at radius 2 is 2.39 bits per heavy atom. The third kappa shape index (κ3) is 1.86. The zero-order valence-electron chi connectivity index (χ0n) is 10.5. The Labute approximate surface area is 105 Å². The van der Waals surface area contributed by atoms with Gasteiger partial charge in [-0.3, -0.25) is 4.79 Å². The van der Waals surface area contributed by atoms with Crippen LogP contribution in [0.3, 0.4) is 0 Å². The highest BCUT2D eigenvalue weighted by atomic mass is 16.5. The van der Waals surface area contributed by atoms with Crippen molar-refractivity contribution in [1.29, 1.82) is 0 Å². The van der Waals surface area contributed by atoms with Crippen molar-refractivity contribution in [3.63, 3.8) is 0 Å². The fourth-order valence-electron chi connectivity index (χ4n) is 3.01. The fraction of sp³-hybridized carbons (Fsp3) is 0.667. The SMILES string of the molecule is COc1c(N2CC3CCCNC3C2)nc[nH]c1=O. The lowest BCUT2D eigenvalue weighted by Crippen LogP contribution is -2.40. The molecule has 0 spiro atoms. The molecular weight excluding hydrogens is 232 g/mol. The second-order valence-corrected chi connectivity index (χ2v) is 4.96. The molecule has 0 radical (unpaired) electrons. The summed E-state index contributed by atoms with van der Waals surface area (Å²) in [5, 5.41) is 3.54. The monoisotopic (exact) mass is 250 g/mol. The van der Waals surface area contributed by atoms with E-state index < -0.39 is 0 Å². The summed E-state index contributed by atoms with van der Waals surface area (Å²) in [4.78, 5) is 20.6. The Kier molecular flexibility index (Phi) is 2.95. The van der Waals surface area contributed by atoms with Crippen molar-refractivity contribution < 1.29 is 4.74 Å². The second kappa shape index (κ2) is 4.61. The highest BCUT2D eigenvalue weighted by Crippen LogP contribution is 2.30. The van der Waals surface area contributed by atoms with Gasteiger partial charge in [0.25, 0.3) is 5.56 Å². The van der Waals surface area contributed by atoms with Gasteiger partial charge in [0, 0.05) is 19.1 Å². The highest BCUT2D eigenvalue weighted by molar-refractivity contribution is 5.52. The van der Waals surface area contributed by atoms with E-state index >= 15 is 0 Å². The van der Waals surface area contributed by atoms with Gasteiger partial charge >= 0.3 is 0 Å². The number of fused-ring (bicyclic) bond motifs is 1. The van der Waals surface area contributed by atoms with Crippen LogP contribution < -0.4 is 20.5 Å². The Bertz CT molecular complexity index is 473. The van der Waals surface area contributed by atoms with Crippen LogP contribution in [0.4, 0.5) is 5.82 Å². The van der Waals surface area contributed by atoms with Gasteiger partial charge in [-0.25, -0.2) is 4.98 Å². The zero-order valence-corrected chi connectivity index (χ0v) is 10.5. The molecule has 2 saturated heterocycles. The van der Waals surface area contributed by atoms with Gasteiger partial charge in [-0.05, 0) is 25.3 Å². The van der Waals surface area contributed by atoms with E-state index in [-0.39, 0.29) is 5.56 Å². The molecule has 2 N–H and O–H groups in total. The van der Waals surface area contributed by atoms with E-state index in [9.17, 15) is 4.79 Å². The number of aromatic amines is 1. The maximum absolute atomic E-state index is 11.7. The normalized spacial score (nSPS) is 27.1. The minimum absolute atomic E-state index is 0.217. The van der Waals surface area contributed by atoms with Gasteiger partial charge in [-0.15, -0.1) is 0 Å². The quantitative estimate of drug-likeness (QED) is 0.771. The van der Waals surface area contributed by atoms with Crippen molar-refractivity contribution >= 4 is 5.82 Å². The first-order chi connectivity index (χ1) is 8.79. The Morgan fingerprint density at radius 1 is 1.50 bits per heavy atom. The predicted octanol–water partition coefficient (Wildman–Crippen LogP) is -0.0333. The predicted molar refractivity (Wildman–Crippen MR) is 68.1 cm³/mol. The number of H-pyrrole nitrogens is 1. The average Bonchev–Trinajstić information content (AvgIpc) is 2.82. The number of nitrogens with zero attached hydrogens (tertiary/aromatic N) is 2. The summed E-state index contributed by atoms with van der Waals surface area (Å²) in [6, 6.07) is 0.518. The third-order valence-corrected chi connectivity index (χ3v) is 3.89. The second-order valence-electron chi connectivity index (χ2n) is 4.96. The van der Waals surface area contributed by atoms with Gasteiger partial charge in [0.15, 0.2) is 5.82 Å². The number of anilines is 1. The van der Waals surface area contributed by atoms with Gasteiger partial charge < -0.3 is 19.9 Å². The number of ether oxygens (including phenoxy) is 1. The molecule has 18 heavy (non-hydrogen) atoms. The molecule has 2 aliphatic heterocycles. The van der Waals surface area contributed by atoms with E-state index in [1.807, 2.05) is 0 Å². The van der Waals surface area contributed by atoms with Crippen LogP contribution in [0.5, 0.6) is 5.75 Å². The third-order valence-electron chi connectivity index (χ3n) is 3.89. The summed E-state index contributed by atoms with van der Waals surface area (Å²) in [7, 11) is 1.51. The molecule has 2 fully saturated rings. The molecular formula is C12H18N4O2. The van der Waals surface area contributed by atoms with Gasteiger partial charge in [0.2, 0.25) is 5.75 Å². The van der Waals surface area contributed by atoms with Gasteiger partial charge in [-0.2, -0.15) is 0 Å². The minimum Gasteiger partial charge on any atom is -0.489 e. The molecule has 6 heteroatoms. The lowest BCUT2D eigenvalue weighted by Gasteiger charge is -2.24. The molecule has 2 atom stereocenters. The fourth-order valence-corrected chi connectivity index (χ4v) is 3.01. The van der Waals surface area contributed by atoms with Crippen molar-refractivity contribution in [2.75, 3.05) is 31.6 Å². The molecule has 0 bridgehead atoms. The maximum atomic E-state index is 11.7. The summed E-state index contributed by atoms with van der Waals surface area (Å²) in [5.41, 5.74) is -0.217. The number of piperidine rings is 1. The number of aromatic nitrogens is 2. The van der Waals surface area contributed by atoms with Crippen LogP contribution in [0, 0.1) is 5.92 Å². The van der Waals surface area contributed by atoms with Crippen LogP contribution in [0.15, 0.2) is 11.1 Å². The smallest absolute Gasteiger partial charge is 0.295 e. The van der Waals surface area contributed by atoms with Crippen molar-refractivity contribution in [2.45, 2.75) is 18.9 Å². The molecule has 0 saturated carbocycles. The van der Waals surface area contributed by atoms with Crippen LogP contribution in [0.2, 0.25) is 0 Å². The number of hydrogen-bond donors (Lipinski definition) is 2. The van der Waals surface area contributed by atoms with E-state index in [0.29, 0.717) is 23.5 Å². The first-order valence-electron chi connectivity index (χ1n) is 6.39. The van der Waals surface area contributed by atoms with Crippen molar-refractivity contribution in [3.05, 3.63) is 16.7 Å². The summed E-state index contributed by atoms with van der Waals surface area (Å²) in [6.07, 6.45) is 3.92. The van der Waals surface area contributed by atoms with E-state index in [2.05, 4.69) is 20.2 Å². The minimum atomic E-state index is -0.217. The molecule has 2 unspecified atom stereocenters. The van der Waals surface area contributed by atoms with E-state index in [1.165, 1.54) is 26.3 Å². The topological polar surface area (TPSA) is 70.2 Å². The molecule has 3 heterocycles. The van der Waals surface area contributed by atoms with Gasteiger partial charge in [-0.1, -0.05) is 0 Å². The molecule has 3 rings (SSSR count). The summed E-state index contributed by atoms with van der Waals surface area (Å²) < 4.78 is 5.17. The largest absolute Gasteiger partial charge is 0.489 e. The highest BCUT2D eigenvalue weighted by Gasteiger charge is 2.36. The Hall–Kier alpha value is -1.56. The first kappa shape index (κ1) is 11.5. The molecule has 0 amide bonds. The average molecular weight is 250 g/mol. The number of rotatable bonds is 2. The Morgan fingerprint density at radius 3 is 3.17 bits per heavy atom. The molecule has 1 aromatic rings. The van der Waals surface area contributed by atoms with E-state index in [1.54, 1.807) is 0 Å². The van der Waals surface area contributed by atoms with Crippen LogP contribution in [0.25, 0.3) is 0 Å². The maximum Gasteiger partial charge on any atom is 0.295 e. The van der Waals surface area contributed by atoms with Gasteiger partial charge in [0.1, 0.15) is 0 Å². The van der Waals surface area contributed by atoms with Crippen LogP contribution in [0.1, 0.15) is 12.8 Å². The van der Waals surface area contributed by atoms with Crippen LogP contribution in [-0.2, 0) is 0 Å². The standard InChI is InChI=1S/C12H18N4O2/c1-18-10-11(14-7-15-12(10)17)16-5-8-3-2-4-13-9(8)6-16/h7-9,13H,2-6H2,1H3,(H,14,15,17). The molecule has 1 aromatic heterocycles. The van der Waals surface area contributed by atoms with Gasteiger partial charge in [0.05, 0.1) is 13.4 Å². The van der Waals surface area contributed by atoms with Crippen molar-refractivity contribution in [2.24, 2.45) is 5.92 Å². The summed E-state index contributed by atoms with van der Waals surface area (Å²) in [5.74, 6) is 1.64. The first-order valence-corrected chi connectivity index (χ1v) is 6.39. The lowest BCUT2D eigenvalue weighted by atomic mass is 9.94.